The normalized spacial score (nSPS) is 22.1. The van der Waals surface area contributed by atoms with Gasteiger partial charge >= 0.3 is 5.97 Å². The lowest BCUT2D eigenvalue weighted by atomic mass is 9.80. The van der Waals surface area contributed by atoms with E-state index in [1.807, 2.05) is 48.2 Å². The second kappa shape index (κ2) is 7.25. The van der Waals surface area contributed by atoms with E-state index in [1.165, 1.54) is 6.92 Å². The van der Waals surface area contributed by atoms with Gasteiger partial charge < -0.3 is 9.64 Å². The Morgan fingerprint density at radius 1 is 1.36 bits per heavy atom. The number of ether oxygens (including phenoxy) is 1. The molecule has 1 aromatic rings. The van der Waals surface area contributed by atoms with Crippen LogP contribution in [0.3, 0.4) is 0 Å². The first kappa shape index (κ1) is 16.3. The van der Waals surface area contributed by atoms with Gasteiger partial charge in [-0.1, -0.05) is 42.5 Å². The van der Waals surface area contributed by atoms with E-state index in [9.17, 15) is 9.59 Å². The number of carbonyl (C=O) groups excluding carboxylic acids is 2. The minimum Gasteiger partial charge on any atom is -0.462 e. The van der Waals surface area contributed by atoms with Gasteiger partial charge in [-0.15, -0.1) is 0 Å². The van der Waals surface area contributed by atoms with Crippen LogP contribution in [-0.4, -0.2) is 29.9 Å². The van der Waals surface area contributed by atoms with Gasteiger partial charge in [0.05, 0.1) is 5.41 Å². The second-order valence-corrected chi connectivity index (χ2v) is 5.94. The minimum atomic E-state index is -0.507. The Morgan fingerprint density at radius 2 is 2.09 bits per heavy atom. The molecule has 4 heteroatoms. The number of amides is 1. The number of hydrogen-bond donors (Lipinski definition) is 0. The lowest BCUT2D eigenvalue weighted by Crippen LogP contribution is -2.45. The van der Waals surface area contributed by atoms with Crippen LogP contribution < -0.4 is 0 Å². The highest BCUT2D eigenvalue weighted by Gasteiger charge is 2.37. The van der Waals surface area contributed by atoms with E-state index in [4.69, 9.17) is 4.74 Å². The lowest BCUT2D eigenvalue weighted by Gasteiger charge is -2.38. The molecule has 4 nitrogen and oxygen atoms in total. The zero-order valence-electron chi connectivity index (χ0n) is 13.2. The summed E-state index contributed by atoms with van der Waals surface area (Å²) < 4.78 is 4.89. The summed E-state index contributed by atoms with van der Waals surface area (Å²) in [4.78, 5) is 25.4. The second-order valence-electron chi connectivity index (χ2n) is 5.94. The highest BCUT2D eigenvalue weighted by atomic mass is 16.5. The number of likely N-dealkylation sites (tertiary alicyclic amines) is 1. The SMILES string of the molecule is CC(=O)OC/C=C/C1(C)CCCN(Cc2ccccc2)C1=O. The molecule has 0 radical (unpaired) electrons. The maximum absolute atomic E-state index is 12.7. The van der Waals surface area contributed by atoms with Crippen LogP contribution in [0.5, 0.6) is 0 Å². The summed E-state index contributed by atoms with van der Waals surface area (Å²) in [6.45, 7) is 4.99. The van der Waals surface area contributed by atoms with Crippen LogP contribution in [0.25, 0.3) is 0 Å². The molecule has 0 aromatic heterocycles. The van der Waals surface area contributed by atoms with Crippen molar-refractivity contribution in [2.75, 3.05) is 13.2 Å². The Morgan fingerprint density at radius 3 is 2.77 bits per heavy atom. The van der Waals surface area contributed by atoms with Crippen LogP contribution >= 0.6 is 0 Å². The standard InChI is InChI=1S/C18H23NO3/c1-15(20)22-13-7-11-18(2)10-6-12-19(17(18)21)14-16-8-4-3-5-9-16/h3-5,7-9,11H,6,10,12-14H2,1-2H3/b11-7+. The lowest BCUT2D eigenvalue weighted by molar-refractivity contribution is -0.142. The van der Waals surface area contributed by atoms with Crippen LogP contribution in [-0.2, 0) is 20.9 Å². The summed E-state index contributed by atoms with van der Waals surface area (Å²) in [5, 5.41) is 0. The topological polar surface area (TPSA) is 46.6 Å². The molecule has 0 aliphatic carbocycles. The first-order valence-corrected chi connectivity index (χ1v) is 7.66. The van der Waals surface area contributed by atoms with Crippen molar-refractivity contribution in [3.8, 4) is 0 Å². The van der Waals surface area contributed by atoms with Gasteiger partial charge in [0.15, 0.2) is 0 Å². The molecule has 0 saturated carbocycles. The van der Waals surface area contributed by atoms with Crippen molar-refractivity contribution in [1.29, 1.82) is 0 Å². The molecule has 118 valence electrons. The highest BCUT2D eigenvalue weighted by molar-refractivity contribution is 5.85. The molecule has 1 saturated heterocycles. The van der Waals surface area contributed by atoms with Crippen molar-refractivity contribution < 1.29 is 14.3 Å². The molecule has 2 rings (SSSR count). The van der Waals surface area contributed by atoms with Crippen molar-refractivity contribution in [3.63, 3.8) is 0 Å². The van der Waals surface area contributed by atoms with E-state index in [1.54, 1.807) is 6.08 Å². The van der Waals surface area contributed by atoms with Crippen molar-refractivity contribution >= 4 is 11.9 Å². The third-order valence-electron chi connectivity index (χ3n) is 3.98. The van der Waals surface area contributed by atoms with E-state index in [2.05, 4.69) is 0 Å². The van der Waals surface area contributed by atoms with E-state index in [0.29, 0.717) is 6.54 Å². The Balaban J connectivity index is 2.00. The summed E-state index contributed by atoms with van der Waals surface area (Å²) in [5.74, 6) is -0.169. The molecular weight excluding hydrogens is 278 g/mol. The molecule has 0 spiro atoms. The number of benzene rings is 1. The van der Waals surface area contributed by atoms with Crippen LogP contribution in [0.15, 0.2) is 42.5 Å². The summed E-state index contributed by atoms with van der Waals surface area (Å²) in [6, 6.07) is 10.0. The number of hydrogen-bond acceptors (Lipinski definition) is 3. The van der Waals surface area contributed by atoms with Gasteiger partial charge in [0.1, 0.15) is 6.61 Å². The van der Waals surface area contributed by atoms with Gasteiger partial charge in [-0.25, -0.2) is 0 Å². The summed E-state index contributed by atoms with van der Waals surface area (Å²) in [7, 11) is 0. The van der Waals surface area contributed by atoms with E-state index in [-0.39, 0.29) is 18.5 Å². The molecule has 1 aromatic carbocycles. The number of carbonyl (C=O) groups is 2. The van der Waals surface area contributed by atoms with Gasteiger partial charge in [-0.2, -0.15) is 0 Å². The van der Waals surface area contributed by atoms with Gasteiger partial charge in [0, 0.05) is 20.0 Å². The maximum atomic E-state index is 12.7. The fourth-order valence-corrected chi connectivity index (χ4v) is 2.79. The fourth-order valence-electron chi connectivity index (χ4n) is 2.79. The Labute approximate surface area is 131 Å². The van der Waals surface area contributed by atoms with E-state index in [0.717, 1.165) is 24.9 Å². The molecular formula is C18H23NO3. The van der Waals surface area contributed by atoms with Crippen molar-refractivity contribution in [3.05, 3.63) is 48.0 Å². The molecule has 0 bridgehead atoms. The quantitative estimate of drug-likeness (QED) is 0.620. The predicted octanol–water partition coefficient (Wildman–Crippen LogP) is 2.93. The average Bonchev–Trinajstić information content (AvgIpc) is 2.50. The predicted molar refractivity (Wildman–Crippen MR) is 85.0 cm³/mol. The van der Waals surface area contributed by atoms with E-state index < -0.39 is 5.41 Å². The number of rotatable bonds is 5. The monoisotopic (exact) mass is 301 g/mol. The molecule has 0 N–H and O–H groups in total. The van der Waals surface area contributed by atoms with Crippen LogP contribution in [0, 0.1) is 5.41 Å². The van der Waals surface area contributed by atoms with E-state index >= 15 is 0 Å². The zero-order valence-corrected chi connectivity index (χ0v) is 13.2. The summed E-state index contributed by atoms with van der Waals surface area (Å²) in [6.07, 6.45) is 5.46. The summed E-state index contributed by atoms with van der Waals surface area (Å²) >= 11 is 0. The van der Waals surface area contributed by atoms with Crippen molar-refractivity contribution in [2.24, 2.45) is 5.41 Å². The largest absolute Gasteiger partial charge is 0.462 e. The first-order valence-electron chi connectivity index (χ1n) is 7.66. The molecule has 1 aliphatic rings. The molecule has 22 heavy (non-hydrogen) atoms. The molecule has 1 fully saturated rings. The highest BCUT2D eigenvalue weighted by Crippen LogP contribution is 2.33. The number of piperidine rings is 1. The van der Waals surface area contributed by atoms with Crippen molar-refractivity contribution in [2.45, 2.75) is 33.2 Å². The van der Waals surface area contributed by atoms with Gasteiger partial charge in [0.2, 0.25) is 5.91 Å². The molecule has 1 unspecified atom stereocenters. The van der Waals surface area contributed by atoms with Crippen LogP contribution in [0.4, 0.5) is 0 Å². The Hall–Kier alpha value is -2.10. The number of nitrogens with zero attached hydrogens (tertiary/aromatic N) is 1. The Bertz CT molecular complexity index is 553. The minimum absolute atomic E-state index is 0.140. The zero-order chi connectivity index (χ0) is 16.0. The first-order chi connectivity index (χ1) is 10.5. The third kappa shape index (κ3) is 4.20. The Kier molecular flexibility index (Phi) is 5.36. The molecule has 1 amide bonds. The smallest absolute Gasteiger partial charge is 0.302 e. The van der Waals surface area contributed by atoms with Gasteiger partial charge in [0.25, 0.3) is 0 Å². The average molecular weight is 301 g/mol. The third-order valence-corrected chi connectivity index (χ3v) is 3.98. The molecule has 1 aliphatic heterocycles. The van der Waals surface area contributed by atoms with Crippen LogP contribution in [0.1, 0.15) is 32.3 Å². The molecule has 1 heterocycles. The summed E-state index contributed by atoms with van der Waals surface area (Å²) in [5.41, 5.74) is 0.636. The number of esters is 1. The van der Waals surface area contributed by atoms with Gasteiger partial charge in [-0.3, -0.25) is 9.59 Å². The molecule has 1 atom stereocenters. The van der Waals surface area contributed by atoms with Crippen molar-refractivity contribution in [1.82, 2.24) is 4.90 Å². The maximum Gasteiger partial charge on any atom is 0.302 e. The van der Waals surface area contributed by atoms with Gasteiger partial charge in [-0.05, 0) is 25.3 Å². The fraction of sp³-hybridized carbons (Fsp3) is 0.444. The van der Waals surface area contributed by atoms with Crippen LogP contribution in [0.2, 0.25) is 0 Å².